The van der Waals surface area contributed by atoms with E-state index in [9.17, 15) is 14.9 Å². The zero-order chi connectivity index (χ0) is 23.2. The van der Waals surface area contributed by atoms with Crippen molar-refractivity contribution in [1.82, 2.24) is 5.32 Å². The highest BCUT2D eigenvalue weighted by molar-refractivity contribution is 6.37. The molecule has 168 valence electrons. The van der Waals surface area contributed by atoms with Crippen molar-refractivity contribution in [2.75, 3.05) is 30.3 Å². The fourth-order valence-corrected chi connectivity index (χ4v) is 3.74. The minimum absolute atomic E-state index is 0.0747. The van der Waals surface area contributed by atoms with Crippen LogP contribution in [0.4, 0.5) is 17.1 Å². The first-order valence-corrected chi connectivity index (χ1v) is 10.6. The Bertz CT molecular complexity index is 1190. The molecule has 0 saturated carbocycles. The Balaban J connectivity index is 1.70. The monoisotopic (exact) mass is 444 g/mol. The van der Waals surface area contributed by atoms with E-state index in [-0.39, 0.29) is 18.2 Å². The van der Waals surface area contributed by atoms with E-state index in [0.29, 0.717) is 29.1 Å². The number of anilines is 2. The number of rotatable bonds is 9. The highest BCUT2D eigenvalue weighted by Crippen LogP contribution is 2.39. The van der Waals surface area contributed by atoms with Gasteiger partial charge >= 0.3 is 0 Å². The molecule has 0 fully saturated rings. The highest BCUT2D eigenvalue weighted by Gasteiger charge is 2.30. The summed E-state index contributed by atoms with van der Waals surface area (Å²) < 4.78 is 0. The maximum Gasteiger partial charge on any atom is 0.270 e. The number of benzene rings is 3. The number of aliphatic hydroxyl groups is 1. The van der Waals surface area contributed by atoms with Crippen molar-refractivity contribution in [3.8, 4) is 0 Å². The predicted octanol–water partition coefficient (Wildman–Crippen LogP) is 3.65. The Morgan fingerprint density at radius 2 is 1.76 bits per heavy atom. The Morgan fingerprint density at radius 3 is 2.45 bits per heavy atom. The minimum Gasteiger partial charge on any atom is -0.395 e. The van der Waals surface area contributed by atoms with Crippen LogP contribution in [0.1, 0.15) is 16.7 Å². The molecule has 1 heterocycles. The molecular weight excluding hydrogens is 420 g/mol. The van der Waals surface area contributed by atoms with Gasteiger partial charge in [0.05, 0.1) is 22.8 Å². The van der Waals surface area contributed by atoms with Gasteiger partial charge in [0.1, 0.15) is 0 Å². The van der Waals surface area contributed by atoms with Crippen LogP contribution in [0.2, 0.25) is 0 Å². The minimum atomic E-state index is -0.468. The molecule has 33 heavy (non-hydrogen) atoms. The van der Waals surface area contributed by atoms with Crippen LogP contribution in [0.3, 0.4) is 0 Å². The fraction of sp³-hybridized carbons (Fsp3) is 0.160. The summed E-state index contributed by atoms with van der Waals surface area (Å²) in [6.45, 7) is 1.44. The number of fused-ring (bicyclic) bond motifs is 1. The number of hydrogen-bond acceptors (Lipinski definition) is 6. The lowest BCUT2D eigenvalue weighted by molar-refractivity contribution is -0.384. The second-order valence-electron chi connectivity index (χ2n) is 7.60. The predicted molar refractivity (Wildman–Crippen MR) is 129 cm³/mol. The van der Waals surface area contributed by atoms with Crippen LogP contribution >= 0.6 is 0 Å². The quantitative estimate of drug-likeness (QED) is 0.173. The number of nitro benzene ring substituents is 1. The summed E-state index contributed by atoms with van der Waals surface area (Å²) in [7, 11) is 0. The van der Waals surface area contributed by atoms with Crippen molar-refractivity contribution >= 4 is 34.2 Å². The van der Waals surface area contributed by atoms with Crippen LogP contribution in [0.15, 0.2) is 72.8 Å². The van der Waals surface area contributed by atoms with Gasteiger partial charge in [-0.3, -0.25) is 14.9 Å². The number of nitro groups is 1. The second-order valence-corrected chi connectivity index (χ2v) is 7.60. The number of nitrogens with one attached hydrogen (secondary N) is 3. The Morgan fingerprint density at radius 1 is 1.00 bits per heavy atom. The first-order valence-electron chi connectivity index (χ1n) is 10.6. The fourth-order valence-electron chi connectivity index (χ4n) is 3.74. The highest BCUT2D eigenvalue weighted by atomic mass is 16.6. The molecule has 0 unspecified atom stereocenters. The molecule has 0 aliphatic carbocycles. The average Bonchev–Trinajstić information content (AvgIpc) is 3.16. The summed E-state index contributed by atoms with van der Waals surface area (Å²) in [6.07, 6.45) is 0.826. The van der Waals surface area contributed by atoms with Gasteiger partial charge in [-0.2, -0.15) is 0 Å². The number of amides is 1. The molecule has 3 aromatic carbocycles. The molecule has 3 aromatic rings. The molecule has 1 amide bonds. The number of nitrogens with zero attached hydrogens (tertiary/aromatic N) is 1. The molecule has 0 saturated heterocycles. The summed E-state index contributed by atoms with van der Waals surface area (Å²) in [5, 5.41) is 29.5. The normalized spacial score (nSPS) is 13.9. The van der Waals surface area contributed by atoms with Crippen molar-refractivity contribution in [1.29, 1.82) is 0 Å². The topological polar surface area (TPSA) is 117 Å². The number of carbonyl (C=O) groups is 1. The smallest absolute Gasteiger partial charge is 0.270 e. The van der Waals surface area contributed by atoms with E-state index in [1.807, 2.05) is 54.6 Å². The molecule has 0 radical (unpaired) electrons. The van der Waals surface area contributed by atoms with E-state index in [1.165, 1.54) is 12.1 Å². The molecule has 0 spiro atoms. The number of non-ortho nitro benzene ring substituents is 1. The van der Waals surface area contributed by atoms with Crippen LogP contribution in [0.5, 0.6) is 0 Å². The molecule has 8 nitrogen and oxygen atoms in total. The van der Waals surface area contributed by atoms with Crippen molar-refractivity contribution in [2.45, 2.75) is 6.42 Å². The van der Waals surface area contributed by atoms with E-state index < -0.39 is 4.92 Å². The molecule has 0 atom stereocenters. The summed E-state index contributed by atoms with van der Waals surface area (Å²) in [6, 6.07) is 21.7. The largest absolute Gasteiger partial charge is 0.395 e. The molecule has 4 rings (SSSR count). The van der Waals surface area contributed by atoms with Gasteiger partial charge in [0, 0.05) is 35.6 Å². The maximum absolute atomic E-state index is 12.9. The average molecular weight is 444 g/mol. The van der Waals surface area contributed by atoms with Gasteiger partial charge in [-0.15, -0.1) is 0 Å². The Labute approximate surface area is 191 Å². The SMILES string of the molecule is O=C1Nc2ccc([N+](=O)[O-])cc2/C1=C(/Nc1ccc(CCNCCO)cc1)c1ccccc1. The molecule has 0 aromatic heterocycles. The second kappa shape index (κ2) is 10.1. The van der Waals surface area contributed by atoms with Crippen molar-refractivity contribution in [2.24, 2.45) is 0 Å². The van der Waals surface area contributed by atoms with Gasteiger partial charge in [-0.05, 0) is 42.3 Å². The number of hydrogen-bond donors (Lipinski definition) is 4. The molecule has 4 N–H and O–H groups in total. The molecule has 0 bridgehead atoms. The van der Waals surface area contributed by atoms with Gasteiger partial charge in [-0.25, -0.2) is 0 Å². The lowest BCUT2D eigenvalue weighted by atomic mass is 9.99. The third-order valence-electron chi connectivity index (χ3n) is 5.37. The molecule has 8 heteroatoms. The van der Waals surface area contributed by atoms with Gasteiger partial charge in [0.15, 0.2) is 0 Å². The van der Waals surface area contributed by atoms with E-state index >= 15 is 0 Å². The Hall–Kier alpha value is -4.01. The standard InChI is InChI=1S/C25H24N4O4/c30-15-14-26-13-12-17-6-8-19(9-7-17)27-24(18-4-2-1-3-5-18)23-21-16-20(29(32)33)10-11-22(21)28-25(23)31/h1-11,16,26-27,30H,12-15H2,(H,28,31)/b24-23-. The van der Waals surface area contributed by atoms with E-state index in [0.717, 1.165) is 29.8 Å². The van der Waals surface area contributed by atoms with Gasteiger partial charge < -0.3 is 21.1 Å². The van der Waals surface area contributed by atoms with Crippen LogP contribution in [-0.2, 0) is 11.2 Å². The van der Waals surface area contributed by atoms with E-state index in [1.54, 1.807) is 6.07 Å². The van der Waals surface area contributed by atoms with E-state index in [2.05, 4.69) is 16.0 Å². The summed E-state index contributed by atoms with van der Waals surface area (Å²) >= 11 is 0. The zero-order valence-electron chi connectivity index (χ0n) is 17.9. The summed E-state index contributed by atoms with van der Waals surface area (Å²) in [4.78, 5) is 23.8. The van der Waals surface area contributed by atoms with Crippen LogP contribution in [0.25, 0.3) is 11.3 Å². The molecule has 1 aliphatic rings. The number of aliphatic hydroxyl groups excluding tert-OH is 1. The third-order valence-corrected chi connectivity index (χ3v) is 5.37. The lowest BCUT2D eigenvalue weighted by Gasteiger charge is -2.15. The van der Waals surface area contributed by atoms with Gasteiger partial charge in [0.25, 0.3) is 11.6 Å². The first-order chi connectivity index (χ1) is 16.1. The molecular formula is C25H24N4O4. The lowest BCUT2D eigenvalue weighted by Crippen LogP contribution is -2.20. The maximum atomic E-state index is 12.9. The first kappa shape index (κ1) is 22.2. The third kappa shape index (κ3) is 5.08. The van der Waals surface area contributed by atoms with Crippen molar-refractivity contribution in [3.63, 3.8) is 0 Å². The van der Waals surface area contributed by atoms with Crippen molar-refractivity contribution < 1.29 is 14.8 Å². The summed E-state index contributed by atoms with van der Waals surface area (Å²) in [5.74, 6) is -0.316. The van der Waals surface area contributed by atoms with Gasteiger partial charge in [-0.1, -0.05) is 42.5 Å². The van der Waals surface area contributed by atoms with Crippen molar-refractivity contribution in [3.05, 3.63) is 99.6 Å². The van der Waals surface area contributed by atoms with Crippen LogP contribution < -0.4 is 16.0 Å². The van der Waals surface area contributed by atoms with Crippen LogP contribution in [-0.4, -0.2) is 35.6 Å². The van der Waals surface area contributed by atoms with E-state index in [4.69, 9.17) is 5.11 Å². The van der Waals surface area contributed by atoms with Crippen LogP contribution in [0, 0.1) is 10.1 Å². The summed E-state index contributed by atoms with van der Waals surface area (Å²) in [5.41, 5.74) is 4.61. The number of carbonyl (C=O) groups excluding carboxylic acids is 1. The Kier molecular flexibility index (Phi) is 6.77. The zero-order valence-corrected chi connectivity index (χ0v) is 17.9. The molecule has 1 aliphatic heterocycles. The van der Waals surface area contributed by atoms with Gasteiger partial charge in [0.2, 0.25) is 0 Å².